The molecule has 1 heterocycles. The van der Waals surface area contributed by atoms with E-state index in [1.807, 2.05) is 6.92 Å². The Kier molecular flexibility index (Phi) is 8.23. The predicted octanol–water partition coefficient (Wildman–Crippen LogP) is 4.80. The Labute approximate surface area is 208 Å². The summed E-state index contributed by atoms with van der Waals surface area (Å²) in [6.45, 7) is 1.95. The number of urea groups is 1. The summed E-state index contributed by atoms with van der Waals surface area (Å²) in [6.07, 6.45) is 1.48. The van der Waals surface area contributed by atoms with Crippen LogP contribution in [0.15, 0.2) is 40.5 Å². The molecule has 2 aromatic rings. The lowest BCUT2D eigenvalue weighted by atomic mass is 10.1. The maximum atomic E-state index is 12.5. The molecule has 1 saturated heterocycles. The van der Waals surface area contributed by atoms with E-state index in [2.05, 4.69) is 26.0 Å². The predicted molar refractivity (Wildman–Crippen MR) is 126 cm³/mol. The molecule has 1 aliphatic heterocycles. The molecule has 1 fully saturated rings. The van der Waals surface area contributed by atoms with Crippen LogP contribution in [-0.2, 0) is 20.9 Å². The number of carbonyl (C=O) groups is 3. The average Bonchev–Trinajstić information content (AvgIpc) is 3.04. The fourth-order valence-corrected chi connectivity index (χ4v) is 3.65. The van der Waals surface area contributed by atoms with Gasteiger partial charge in [0.15, 0.2) is 11.5 Å². The van der Waals surface area contributed by atoms with Crippen molar-refractivity contribution in [3.63, 3.8) is 0 Å². The Morgan fingerprint density at radius 3 is 2.52 bits per heavy atom. The quantitative estimate of drug-likeness (QED) is 0.285. The number of amides is 3. The molecular formula is C22H19BrCl2N2O6. The number of carbonyl (C=O) groups excluding carboxylic acids is 3. The van der Waals surface area contributed by atoms with Gasteiger partial charge in [-0.05, 0) is 48.4 Å². The Bertz CT molecular complexity index is 1140. The van der Waals surface area contributed by atoms with Crippen LogP contribution in [0.25, 0.3) is 6.08 Å². The number of benzene rings is 2. The highest BCUT2D eigenvalue weighted by molar-refractivity contribution is 9.10. The van der Waals surface area contributed by atoms with Crippen molar-refractivity contribution >= 4 is 63.1 Å². The zero-order valence-electron chi connectivity index (χ0n) is 17.6. The molecule has 0 bridgehead atoms. The molecule has 33 heavy (non-hydrogen) atoms. The molecule has 8 nitrogen and oxygen atoms in total. The molecule has 0 aliphatic carbocycles. The number of hydrogen-bond donors (Lipinski definition) is 1. The standard InChI is InChI=1S/C22H19BrCl2N2O6/c1-3-32-18-8-13(7-17-21(29)27(22(30)26-17)10-20(28)31-2)14(23)9-19(18)33-11-12-4-5-15(24)16(25)6-12/h4-9H,3,10-11H2,1-2H3,(H,26,30)/b17-7+. The summed E-state index contributed by atoms with van der Waals surface area (Å²) in [5.74, 6) is -0.444. The van der Waals surface area contributed by atoms with Crippen molar-refractivity contribution in [1.29, 1.82) is 0 Å². The van der Waals surface area contributed by atoms with Crippen LogP contribution in [0.4, 0.5) is 4.79 Å². The van der Waals surface area contributed by atoms with Gasteiger partial charge < -0.3 is 19.5 Å². The Morgan fingerprint density at radius 2 is 1.85 bits per heavy atom. The van der Waals surface area contributed by atoms with Crippen LogP contribution in [0.2, 0.25) is 10.0 Å². The molecule has 0 radical (unpaired) electrons. The molecule has 0 aromatic heterocycles. The lowest BCUT2D eigenvalue weighted by Crippen LogP contribution is -2.36. The van der Waals surface area contributed by atoms with E-state index >= 15 is 0 Å². The summed E-state index contributed by atoms with van der Waals surface area (Å²) in [5.41, 5.74) is 1.39. The molecule has 3 rings (SSSR count). The lowest BCUT2D eigenvalue weighted by molar-refractivity contribution is -0.143. The number of methoxy groups -OCH3 is 1. The van der Waals surface area contributed by atoms with Crippen LogP contribution >= 0.6 is 39.1 Å². The van der Waals surface area contributed by atoms with Gasteiger partial charge in [-0.3, -0.25) is 9.59 Å². The summed E-state index contributed by atoms with van der Waals surface area (Å²) in [7, 11) is 1.18. The van der Waals surface area contributed by atoms with Gasteiger partial charge in [-0.15, -0.1) is 0 Å². The minimum atomic E-state index is -0.709. The molecule has 3 amide bonds. The molecule has 2 aromatic carbocycles. The highest BCUT2D eigenvalue weighted by atomic mass is 79.9. The third kappa shape index (κ3) is 5.98. The number of hydrogen-bond acceptors (Lipinski definition) is 6. The minimum Gasteiger partial charge on any atom is -0.490 e. The average molecular weight is 558 g/mol. The number of nitrogens with zero attached hydrogens (tertiary/aromatic N) is 1. The van der Waals surface area contributed by atoms with E-state index < -0.39 is 24.5 Å². The highest BCUT2D eigenvalue weighted by Gasteiger charge is 2.35. The lowest BCUT2D eigenvalue weighted by Gasteiger charge is -2.14. The molecule has 0 atom stereocenters. The van der Waals surface area contributed by atoms with Crippen molar-refractivity contribution in [3.05, 3.63) is 61.7 Å². The maximum absolute atomic E-state index is 12.5. The van der Waals surface area contributed by atoms with E-state index in [-0.39, 0.29) is 12.3 Å². The van der Waals surface area contributed by atoms with Crippen LogP contribution in [0, 0.1) is 0 Å². The van der Waals surface area contributed by atoms with Crippen LogP contribution < -0.4 is 14.8 Å². The van der Waals surface area contributed by atoms with E-state index in [1.165, 1.54) is 13.2 Å². The topological polar surface area (TPSA) is 94.2 Å². The second-order valence-electron chi connectivity index (χ2n) is 6.75. The fourth-order valence-electron chi connectivity index (χ4n) is 2.90. The van der Waals surface area contributed by atoms with Gasteiger partial charge in [-0.2, -0.15) is 0 Å². The number of ether oxygens (including phenoxy) is 3. The molecule has 174 valence electrons. The number of halogens is 3. The molecule has 0 unspecified atom stereocenters. The third-order valence-corrected chi connectivity index (χ3v) is 5.94. The van der Waals surface area contributed by atoms with Crippen molar-refractivity contribution < 1.29 is 28.6 Å². The summed E-state index contributed by atoms with van der Waals surface area (Å²) < 4.78 is 16.7. The van der Waals surface area contributed by atoms with Gasteiger partial charge in [-0.1, -0.05) is 45.2 Å². The number of nitrogens with one attached hydrogen (secondary N) is 1. The van der Waals surface area contributed by atoms with Gasteiger partial charge in [0.1, 0.15) is 18.8 Å². The van der Waals surface area contributed by atoms with Gasteiger partial charge in [0, 0.05) is 4.47 Å². The number of imide groups is 1. The fraction of sp³-hybridized carbons (Fsp3) is 0.227. The third-order valence-electron chi connectivity index (χ3n) is 4.52. The molecule has 1 aliphatic rings. The monoisotopic (exact) mass is 556 g/mol. The number of rotatable bonds is 8. The van der Waals surface area contributed by atoms with Gasteiger partial charge in [0.05, 0.1) is 23.8 Å². The molecule has 11 heteroatoms. The summed E-state index contributed by atoms with van der Waals surface area (Å²) >= 11 is 15.5. The van der Waals surface area contributed by atoms with Crippen molar-refractivity contribution in [1.82, 2.24) is 10.2 Å². The molecule has 1 N–H and O–H groups in total. The van der Waals surface area contributed by atoms with E-state index in [4.69, 9.17) is 32.7 Å². The van der Waals surface area contributed by atoms with Gasteiger partial charge in [-0.25, -0.2) is 9.69 Å². The van der Waals surface area contributed by atoms with E-state index in [9.17, 15) is 14.4 Å². The molecular weight excluding hydrogens is 539 g/mol. The highest BCUT2D eigenvalue weighted by Crippen LogP contribution is 2.36. The Morgan fingerprint density at radius 1 is 1.12 bits per heavy atom. The van der Waals surface area contributed by atoms with Crippen LogP contribution in [-0.4, -0.2) is 43.1 Å². The number of esters is 1. The first-order chi connectivity index (χ1) is 15.7. The second kappa shape index (κ2) is 10.9. The van der Waals surface area contributed by atoms with E-state index in [1.54, 1.807) is 30.3 Å². The first kappa shape index (κ1) is 24.9. The molecule has 0 spiro atoms. The first-order valence-electron chi connectivity index (χ1n) is 9.68. The van der Waals surface area contributed by atoms with Crippen LogP contribution in [0.1, 0.15) is 18.1 Å². The Balaban J connectivity index is 1.84. The second-order valence-corrected chi connectivity index (χ2v) is 8.41. The normalized spacial score (nSPS) is 14.5. The smallest absolute Gasteiger partial charge is 0.329 e. The summed E-state index contributed by atoms with van der Waals surface area (Å²) in [5, 5.41) is 3.34. The van der Waals surface area contributed by atoms with Crippen molar-refractivity contribution in [2.45, 2.75) is 13.5 Å². The van der Waals surface area contributed by atoms with E-state index in [0.717, 1.165) is 10.5 Å². The largest absolute Gasteiger partial charge is 0.490 e. The van der Waals surface area contributed by atoms with Gasteiger partial charge in [0.2, 0.25) is 0 Å². The first-order valence-corrected chi connectivity index (χ1v) is 11.2. The van der Waals surface area contributed by atoms with Crippen LogP contribution in [0.5, 0.6) is 11.5 Å². The maximum Gasteiger partial charge on any atom is 0.329 e. The zero-order valence-corrected chi connectivity index (χ0v) is 20.7. The zero-order chi connectivity index (χ0) is 24.1. The van der Waals surface area contributed by atoms with Gasteiger partial charge >= 0.3 is 12.0 Å². The van der Waals surface area contributed by atoms with Crippen molar-refractivity contribution in [2.75, 3.05) is 20.3 Å². The van der Waals surface area contributed by atoms with Gasteiger partial charge in [0.25, 0.3) is 5.91 Å². The minimum absolute atomic E-state index is 0.0107. The SMILES string of the molecule is CCOc1cc(/C=C2/NC(=O)N(CC(=O)OC)C2=O)c(Br)cc1OCc1ccc(Cl)c(Cl)c1. The summed E-state index contributed by atoms with van der Waals surface area (Å²) in [6, 6.07) is 7.87. The van der Waals surface area contributed by atoms with E-state index in [0.29, 0.717) is 38.2 Å². The van der Waals surface area contributed by atoms with Crippen molar-refractivity contribution in [2.24, 2.45) is 0 Å². The molecule has 0 saturated carbocycles. The summed E-state index contributed by atoms with van der Waals surface area (Å²) in [4.78, 5) is 36.9. The Hall–Kier alpha value is -2.75. The van der Waals surface area contributed by atoms with Crippen LogP contribution in [0.3, 0.4) is 0 Å². The van der Waals surface area contributed by atoms with Crippen molar-refractivity contribution in [3.8, 4) is 11.5 Å².